The van der Waals surface area contributed by atoms with Gasteiger partial charge in [0.2, 0.25) is 5.82 Å². The van der Waals surface area contributed by atoms with Crippen LogP contribution < -0.4 is 0 Å². The van der Waals surface area contributed by atoms with E-state index in [1.165, 1.54) is 0 Å². The van der Waals surface area contributed by atoms with Crippen LogP contribution in [0.5, 0.6) is 0 Å². The molecule has 5 nitrogen and oxygen atoms in total. The summed E-state index contributed by atoms with van der Waals surface area (Å²) >= 11 is 0. The Labute approximate surface area is 93.1 Å². The van der Waals surface area contributed by atoms with Gasteiger partial charge in [0.1, 0.15) is 11.8 Å². The highest BCUT2D eigenvalue weighted by Gasteiger charge is 2.16. The zero-order valence-corrected chi connectivity index (χ0v) is 9.21. The van der Waals surface area contributed by atoms with E-state index in [0.717, 1.165) is 5.56 Å². The van der Waals surface area contributed by atoms with E-state index in [0.29, 0.717) is 23.8 Å². The van der Waals surface area contributed by atoms with Gasteiger partial charge in [0.25, 0.3) is 5.89 Å². The van der Waals surface area contributed by atoms with Crippen LogP contribution in [0.15, 0.2) is 22.9 Å². The molecule has 0 saturated heterocycles. The predicted octanol–water partition coefficient (Wildman–Crippen LogP) is 1.88. The van der Waals surface area contributed by atoms with Crippen molar-refractivity contribution in [2.24, 2.45) is 0 Å². The first kappa shape index (κ1) is 10.8. The fourth-order valence-electron chi connectivity index (χ4n) is 1.36. The molecule has 84 valence electrons. The first-order valence-corrected chi connectivity index (χ1v) is 5.16. The lowest BCUT2D eigenvalue weighted by Gasteiger charge is -1.99. The van der Waals surface area contributed by atoms with Crippen molar-refractivity contribution in [2.45, 2.75) is 26.4 Å². The number of hydrogen-bond donors (Lipinski definition) is 1. The third-order valence-electron chi connectivity index (χ3n) is 2.34. The maximum absolute atomic E-state index is 9.55. The second-order valence-corrected chi connectivity index (χ2v) is 3.55. The Morgan fingerprint density at radius 1 is 1.50 bits per heavy atom. The second-order valence-electron chi connectivity index (χ2n) is 3.55. The molecular weight excluding hydrogens is 206 g/mol. The van der Waals surface area contributed by atoms with Crippen LogP contribution in [0.2, 0.25) is 0 Å². The molecule has 0 bridgehead atoms. The van der Waals surface area contributed by atoms with Gasteiger partial charge in [-0.2, -0.15) is 4.98 Å². The van der Waals surface area contributed by atoms with Crippen LogP contribution in [0.25, 0.3) is 11.6 Å². The molecule has 0 aromatic carbocycles. The summed E-state index contributed by atoms with van der Waals surface area (Å²) in [6.07, 6.45) is 1.55. The van der Waals surface area contributed by atoms with E-state index in [1.54, 1.807) is 6.20 Å². The van der Waals surface area contributed by atoms with Gasteiger partial charge in [-0.1, -0.05) is 18.1 Å². The van der Waals surface area contributed by atoms with Crippen LogP contribution in [-0.2, 0) is 0 Å². The minimum Gasteiger partial charge on any atom is -0.385 e. The largest absolute Gasteiger partial charge is 0.385 e. The molecule has 2 heterocycles. The van der Waals surface area contributed by atoms with E-state index < -0.39 is 6.10 Å². The molecule has 0 spiro atoms. The molecule has 0 amide bonds. The third-order valence-corrected chi connectivity index (χ3v) is 2.34. The Kier molecular flexibility index (Phi) is 2.96. The van der Waals surface area contributed by atoms with Crippen molar-refractivity contribution in [3.8, 4) is 11.6 Å². The number of hydrogen-bond acceptors (Lipinski definition) is 5. The van der Waals surface area contributed by atoms with E-state index in [1.807, 2.05) is 26.0 Å². The van der Waals surface area contributed by atoms with Gasteiger partial charge in [-0.3, -0.25) is 4.98 Å². The summed E-state index contributed by atoms with van der Waals surface area (Å²) in [5.74, 6) is 0.656. The van der Waals surface area contributed by atoms with Crippen LogP contribution in [0.1, 0.15) is 30.8 Å². The third kappa shape index (κ3) is 1.94. The predicted molar refractivity (Wildman–Crippen MR) is 57.5 cm³/mol. The van der Waals surface area contributed by atoms with Crippen LogP contribution in [0.4, 0.5) is 0 Å². The van der Waals surface area contributed by atoms with E-state index in [9.17, 15) is 5.11 Å². The Morgan fingerprint density at radius 3 is 3.00 bits per heavy atom. The molecule has 5 heteroatoms. The molecule has 2 aromatic heterocycles. The zero-order chi connectivity index (χ0) is 11.5. The van der Waals surface area contributed by atoms with Crippen molar-refractivity contribution in [3.05, 3.63) is 29.7 Å². The number of rotatable bonds is 3. The standard InChI is InChI=1S/C11H13N3O2/c1-3-8(15)10-13-11(16-14-10)9-7(2)5-4-6-12-9/h4-6,8,15H,3H2,1-2H3. The summed E-state index contributed by atoms with van der Waals surface area (Å²) < 4.78 is 5.07. The van der Waals surface area contributed by atoms with Crippen LogP contribution in [0, 0.1) is 6.92 Å². The summed E-state index contributed by atoms with van der Waals surface area (Å²) in [7, 11) is 0. The summed E-state index contributed by atoms with van der Waals surface area (Å²) in [4.78, 5) is 8.29. The van der Waals surface area contributed by atoms with E-state index in [2.05, 4.69) is 15.1 Å². The highest BCUT2D eigenvalue weighted by atomic mass is 16.5. The van der Waals surface area contributed by atoms with Gasteiger partial charge >= 0.3 is 0 Å². The van der Waals surface area contributed by atoms with Crippen molar-refractivity contribution in [1.29, 1.82) is 0 Å². The number of nitrogens with zero attached hydrogens (tertiary/aromatic N) is 3. The Morgan fingerprint density at radius 2 is 2.31 bits per heavy atom. The van der Waals surface area contributed by atoms with Gasteiger partial charge in [0, 0.05) is 6.20 Å². The number of aliphatic hydroxyl groups is 1. The normalized spacial score (nSPS) is 12.7. The summed E-state index contributed by atoms with van der Waals surface area (Å²) in [6.45, 7) is 3.77. The average molecular weight is 219 g/mol. The molecule has 1 unspecified atom stereocenters. The Balaban J connectivity index is 2.35. The minimum absolute atomic E-state index is 0.308. The Bertz CT molecular complexity index is 482. The number of aromatic nitrogens is 3. The highest BCUT2D eigenvalue weighted by Crippen LogP contribution is 2.21. The first-order valence-electron chi connectivity index (χ1n) is 5.16. The molecule has 0 aliphatic rings. The lowest BCUT2D eigenvalue weighted by molar-refractivity contribution is 0.159. The first-order chi connectivity index (χ1) is 7.72. The molecule has 0 radical (unpaired) electrons. The monoisotopic (exact) mass is 219 g/mol. The number of aliphatic hydroxyl groups excluding tert-OH is 1. The van der Waals surface area contributed by atoms with Crippen molar-refractivity contribution < 1.29 is 9.63 Å². The Hall–Kier alpha value is -1.75. The molecule has 2 aromatic rings. The maximum atomic E-state index is 9.55. The molecule has 0 aliphatic carbocycles. The van der Waals surface area contributed by atoms with Crippen molar-refractivity contribution in [2.75, 3.05) is 0 Å². The van der Waals surface area contributed by atoms with E-state index in [4.69, 9.17) is 4.52 Å². The molecule has 0 saturated carbocycles. The molecule has 1 atom stereocenters. The van der Waals surface area contributed by atoms with Crippen LogP contribution >= 0.6 is 0 Å². The second kappa shape index (κ2) is 4.40. The van der Waals surface area contributed by atoms with Gasteiger partial charge in [0.15, 0.2) is 0 Å². The molecule has 0 aliphatic heterocycles. The van der Waals surface area contributed by atoms with Gasteiger partial charge < -0.3 is 9.63 Å². The number of pyridine rings is 1. The maximum Gasteiger partial charge on any atom is 0.276 e. The number of aryl methyl sites for hydroxylation is 1. The highest BCUT2D eigenvalue weighted by molar-refractivity contribution is 5.51. The summed E-state index contributed by atoms with van der Waals surface area (Å²) in [6, 6.07) is 3.76. The fraction of sp³-hybridized carbons (Fsp3) is 0.364. The van der Waals surface area contributed by atoms with Gasteiger partial charge in [-0.15, -0.1) is 0 Å². The average Bonchev–Trinajstić information content (AvgIpc) is 2.78. The smallest absolute Gasteiger partial charge is 0.276 e. The van der Waals surface area contributed by atoms with Crippen molar-refractivity contribution in [1.82, 2.24) is 15.1 Å². The van der Waals surface area contributed by atoms with Crippen LogP contribution in [0.3, 0.4) is 0 Å². The molecule has 0 fully saturated rings. The van der Waals surface area contributed by atoms with Crippen molar-refractivity contribution in [3.63, 3.8) is 0 Å². The lowest BCUT2D eigenvalue weighted by atomic mass is 10.2. The zero-order valence-electron chi connectivity index (χ0n) is 9.21. The quantitative estimate of drug-likeness (QED) is 0.853. The van der Waals surface area contributed by atoms with E-state index in [-0.39, 0.29) is 0 Å². The molecule has 1 N–H and O–H groups in total. The lowest BCUT2D eigenvalue weighted by Crippen LogP contribution is -1.97. The van der Waals surface area contributed by atoms with Gasteiger partial charge in [0.05, 0.1) is 0 Å². The fourth-order valence-corrected chi connectivity index (χ4v) is 1.36. The summed E-state index contributed by atoms with van der Waals surface area (Å²) in [5.41, 5.74) is 1.62. The van der Waals surface area contributed by atoms with Gasteiger partial charge in [-0.05, 0) is 25.0 Å². The molecule has 2 rings (SSSR count). The van der Waals surface area contributed by atoms with Crippen LogP contribution in [-0.4, -0.2) is 20.2 Å². The SMILES string of the molecule is CCC(O)c1noc(-c2ncccc2C)n1. The van der Waals surface area contributed by atoms with E-state index >= 15 is 0 Å². The molecular formula is C11H13N3O2. The molecule has 16 heavy (non-hydrogen) atoms. The van der Waals surface area contributed by atoms with Crippen molar-refractivity contribution >= 4 is 0 Å². The topological polar surface area (TPSA) is 72.0 Å². The van der Waals surface area contributed by atoms with Gasteiger partial charge in [-0.25, -0.2) is 0 Å². The minimum atomic E-state index is -0.679. The summed E-state index contributed by atoms with van der Waals surface area (Å²) in [5, 5.41) is 13.3.